The molecule has 2 atom stereocenters. The predicted molar refractivity (Wildman–Crippen MR) is 259 cm³/mol. The Hall–Kier alpha value is -3.60. The van der Waals surface area contributed by atoms with Crippen LogP contribution in [0.25, 0.3) is 0 Å². The number of aliphatic carboxylic acids is 1. The molecule has 17 nitrogen and oxygen atoms in total. The molecule has 1 aromatic rings. The molecule has 1 saturated heterocycles. The summed E-state index contributed by atoms with van der Waals surface area (Å²) in [5.74, 6) is -2.07. The monoisotopic (exact) mass is 969 g/mol. The summed E-state index contributed by atoms with van der Waals surface area (Å²) in [6.07, 6.45) is 0.713. The molecule has 1 aliphatic heterocycles. The molecule has 1 aliphatic rings. The van der Waals surface area contributed by atoms with Gasteiger partial charge in [-0.25, -0.2) is 0 Å². The van der Waals surface area contributed by atoms with E-state index in [4.69, 9.17) is 28.2 Å². The van der Waals surface area contributed by atoms with Crippen molar-refractivity contribution in [2.75, 3.05) is 90.9 Å². The molecular formula is C49H85N4O13P. The normalized spacial score (nSPS) is 18.2. The summed E-state index contributed by atoms with van der Waals surface area (Å²) >= 11 is 0. The van der Waals surface area contributed by atoms with E-state index in [1.165, 1.54) is 0 Å². The molecule has 0 spiro atoms. The third-order valence-electron chi connectivity index (χ3n) is 9.64. The lowest BCUT2D eigenvalue weighted by Crippen LogP contribution is -2.54. The van der Waals surface area contributed by atoms with E-state index in [0.717, 1.165) is 5.56 Å². The van der Waals surface area contributed by atoms with Crippen LogP contribution in [0.2, 0.25) is 0 Å². The van der Waals surface area contributed by atoms with E-state index < -0.39 is 65.2 Å². The molecular weight excluding hydrogens is 884 g/mol. The van der Waals surface area contributed by atoms with E-state index in [2.05, 4.69) is 0 Å². The molecule has 1 fully saturated rings. The average molecular weight is 969 g/mol. The maximum atomic E-state index is 13.7. The zero-order valence-corrected chi connectivity index (χ0v) is 44.4. The van der Waals surface area contributed by atoms with Crippen LogP contribution in [-0.4, -0.2) is 180 Å². The maximum Gasteiger partial charge on any atom is 0.320 e. The molecule has 67 heavy (non-hydrogen) atoms. The number of carbonyl (C=O) groups is 5. The van der Waals surface area contributed by atoms with Gasteiger partial charge < -0.3 is 33.3 Å². The van der Waals surface area contributed by atoms with Crippen molar-refractivity contribution in [3.05, 3.63) is 29.8 Å². The number of carboxylic acids is 1. The van der Waals surface area contributed by atoms with Gasteiger partial charge in [0.1, 0.15) is 28.2 Å². The molecule has 18 heteroatoms. The van der Waals surface area contributed by atoms with Crippen LogP contribution >= 0.6 is 7.37 Å². The Balaban J connectivity index is 2.56. The minimum absolute atomic E-state index is 0.00479. The number of hydrogen-bond acceptors (Lipinski definition) is 16. The van der Waals surface area contributed by atoms with Crippen molar-refractivity contribution in [2.24, 2.45) is 0 Å². The van der Waals surface area contributed by atoms with Gasteiger partial charge in [0.15, 0.2) is 0 Å². The Morgan fingerprint density at radius 3 is 1.39 bits per heavy atom. The number of carboxylic acid groups (broad SMARTS) is 1. The number of benzene rings is 1. The Morgan fingerprint density at radius 1 is 0.567 bits per heavy atom. The first-order valence-corrected chi connectivity index (χ1v) is 25.6. The Kier molecular flexibility index (Phi) is 23.0. The molecule has 1 aromatic carbocycles. The van der Waals surface area contributed by atoms with Crippen molar-refractivity contribution in [2.45, 2.75) is 157 Å². The number of esters is 4. The zero-order chi connectivity index (χ0) is 51.0. The third-order valence-corrected chi connectivity index (χ3v) is 12.4. The van der Waals surface area contributed by atoms with Gasteiger partial charge in [0, 0.05) is 64.2 Å². The number of hydrogen-bond donors (Lipinski definition) is 1. The number of ether oxygens (including phenoxy) is 5. The van der Waals surface area contributed by atoms with Crippen LogP contribution in [-0.2, 0) is 58.4 Å². The Labute approximate surface area is 401 Å². The summed E-state index contributed by atoms with van der Waals surface area (Å²) < 4.78 is 48.6. The van der Waals surface area contributed by atoms with Gasteiger partial charge in [0.25, 0.3) is 0 Å². The van der Waals surface area contributed by atoms with Gasteiger partial charge in [-0.3, -0.25) is 48.1 Å². The van der Waals surface area contributed by atoms with Crippen LogP contribution in [0.4, 0.5) is 0 Å². The first-order valence-electron chi connectivity index (χ1n) is 23.6. The van der Waals surface area contributed by atoms with Crippen LogP contribution in [0, 0.1) is 0 Å². The van der Waals surface area contributed by atoms with E-state index in [-0.39, 0.29) is 57.6 Å². The van der Waals surface area contributed by atoms with Crippen molar-refractivity contribution < 1.29 is 61.9 Å². The zero-order valence-electron chi connectivity index (χ0n) is 43.5. The summed E-state index contributed by atoms with van der Waals surface area (Å²) in [6, 6.07) is 7.19. The highest BCUT2D eigenvalue weighted by molar-refractivity contribution is 7.59. The van der Waals surface area contributed by atoms with E-state index in [0.29, 0.717) is 64.4 Å². The number of rotatable bonds is 19. The largest absolute Gasteiger partial charge is 0.494 e. The highest BCUT2D eigenvalue weighted by atomic mass is 31.2. The summed E-state index contributed by atoms with van der Waals surface area (Å²) in [6.45, 7) is 29.8. The van der Waals surface area contributed by atoms with Gasteiger partial charge in [-0.1, -0.05) is 12.1 Å². The van der Waals surface area contributed by atoms with Gasteiger partial charge in [-0.15, -0.1) is 0 Å². The van der Waals surface area contributed by atoms with Gasteiger partial charge in [-0.05, 0) is 134 Å². The fourth-order valence-corrected chi connectivity index (χ4v) is 9.82. The quantitative estimate of drug-likeness (QED) is 0.0681. The molecule has 0 bridgehead atoms. The van der Waals surface area contributed by atoms with Gasteiger partial charge in [0.2, 0.25) is 7.37 Å². The van der Waals surface area contributed by atoms with E-state index in [9.17, 15) is 33.6 Å². The second-order valence-corrected chi connectivity index (χ2v) is 25.1. The van der Waals surface area contributed by atoms with Gasteiger partial charge in [-0.2, -0.15) is 0 Å². The molecule has 0 aromatic heterocycles. The highest BCUT2D eigenvalue weighted by Crippen LogP contribution is 2.51. The average Bonchev–Trinajstić information content (AvgIpc) is 3.11. The van der Waals surface area contributed by atoms with Crippen molar-refractivity contribution >= 4 is 37.2 Å². The minimum Gasteiger partial charge on any atom is -0.494 e. The molecule has 0 amide bonds. The second-order valence-electron chi connectivity index (χ2n) is 22.4. The van der Waals surface area contributed by atoms with E-state index >= 15 is 0 Å². The SMILES string of the molecule is CC(C)(C)OC(=O)CN1CCN(CC(=O)OC(C)(C)C)CCN(CC(=O)OC(C)(C)C)[C@@H](Cc2ccc(OCCCP(=O)(CCC(=O)O)OC(C)(C)C)cc2)CN(CC(=O)OC(C)(C)C)CC1. The summed E-state index contributed by atoms with van der Waals surface area (Å²) in [7, 11) is -3.23. The Morgan fingerprint density at radius 2 is 0.970 bits per heavy atom. The smallest absolute Gasteiger partial charge is 0.320 e. The van der Waals surface area contributed by atoms with Crippen LogP contribution in [0.5, 0.6) is 5.75 Å². The predicted octanol–water partition coefficient (Wildman–Crippen LogP) is 6.52. The van der Waals surface area contributed by atoms with Crippen molar-refractivity contribution in [3.8, 4) is 5.75 Å². The van der Waals surface area contributed by atoms with Gasteiger partial charge >= 0.3 is 29.8 Å². The second kappa shape index (κ2) is 25.8. The van der Waals surface area contributed by atoms with E-state index in [1.54, 1.807) is 20.8 Å². The molecule has 0 saturated carbocycles. The van der Waals surface area contributed by atoms with Crippen LogP contribution in [0.3, 0.4) is 0 Å². The van der Waals surface area contributed by atoms with Crippen molar-refractivity contribution in [1.82, 2.24) is 19.6 Å². The Bertz CT molecular complexity index is 1790. The first-order chi connectivity index (χ1) is 30.6. The highest BCUT2D eigenvalue weighted by Gasteiger charge is 2.32. The summed E-state index contributed by atoms with van der Waals surface area (Å²) in [4.78, 5) is 73.0. The fourth-order valence-electron chi connectivity index (χ4n) is 7.27. The van der Waals surface area contributed by atoms with Crippen molar-refractivity contribution in [1.29, 1.82) is 0 Å². The van der Waals surface area contributed by atoms with E-state index in [1.807, 2.05) is 127 Å². The van der Waals surface area contributed by atoms with Gasteiger partial charge in [0.05, 0.1) is 44.8 Å². The minimum atomic E-state index is -3.23. The van der Waals surface area contributed by atoms with Crippen LogP contribution < -0.4 is 4.74 Å². The molecule has 384 valence electrons. The lowest BCUT2D eigenvalue weighted by atomic mass is 10.0. The van der Waals surface area contributed by atoms with Crippen LogP contribution in [0.15, 0.2) is 24.3 Å². The molecule has 2 rings (SSSR count). The molecule has 1 unspecified atom stereocenters. The maximum absolute atomic E-state index is 13.7. The topological polar surface area (TPSA) is 191 Å². The number of carbonyl (C=O) groups excluding carboxylic acids is 4. The molecule has 0 aliphatic carbocycles. The summed E-state index contributed by atoms with van der Waals surface area (Å²) in [5, 5.41) is 9.23. The summed E-state index contributed by atoms with van der Waals surface area (Å²) in [5.41, 5.74) is -2.64. The fraction of sp³-hybridized carbons (Fsp3) is 0.776. The molecule has 0 radical (unpaired) electrons. The lowest BCUT2D eigenvalue weighted by Gasteiger charge is -2.39. The molecule has 1 heterocycles. The number of nitrogens with zero attached hydrogens (tertiary/aromatic N) is 4. The van der Waals surface area contributed by atoms with Crippen LogP contribution in [0.1, 0.15) is 122 Å². The standard InChI is InChI=1S/C49H85N4O13P/c1-45(2,3)62-41(56)33-50-22-23-51(34-42(57)63-46(4,5)6)26-27-53(36-44(59)65-48(10,11)12)38(32-52(25-24-50)35-43(58)64-47(7,8)9)31-37-17-19-39(20-18-37)61-28-16-29-67(60,30-21-40(54)55)66-49(13,14)15/h17-20,38H,16,21-36H2,1-15H3,(H,54,55)/t38-,67?/m0/s1. The van der Waals surface area contributed by atoms with Crippen molar-refractivity contribution in [3.63, 3.8) is 0 Å². The molecule has 1 N–H and O–H groups in total. The third kappa shape index (κ3) is 28.5. The lowest BCUT2D eigenvalue weighted by molar-refractivity contribution is -0.160. The first kappa shape index (κ1) is 59.5.